The molecule has 0 saturated heterocycles. The number of rotatable bonds is 2. The van der Waals surface area contributed by atoms with Crippen LogP contribution in [0.25, 0.3) is 0 Å². The Morgan fingerprint density at radius 2 is 2.13 bits per heavy atom. The van der Waals surface area contributed by atoms with Crippen LogP contribution >= 0.6 is 0 Å². The van der Waals surface area contributed by atoms with E-state index in [2.05, 4.69) is 0 Å². The molecule has 1 aliphatic rings. The highest BCUT2D eigenvalue weighted by molar-refractivity contribution is 5.38. The molecule has 0 aromatic heterocycles. The molecule has 1 saturated carbocycles. The van der Waals surface area contributed by atoms with Crippen molar-refractivity contribution in [1.29, 1.82) is 0 Å². The van der Waals surface area contributed by atoms with Gasteiger partial charge in [0.05, 0.1) is 11.0 Å². The quantitative estimate of drug-likeness (QED) is 0.600. The maximum Gasteiger partial charge on any atom is 0.272 e. The van der Waals surface area contributed by atoms with E-state index in [0.717, 1.165) is 25.3 Å². The van der Waals surface area contributed by atoms with Gasteiger partial charge in [0.1, 0.15) is 5.82 Å². The zero-order valence-corrected chi connectivity index (χ0v) is 8.07. The van der Waals surface area contributed by atoms with Gasteiger partial charge >= 0.3 is 0 Å². The number of nitro benzene ring substituents is 1. The minimum atomic E-state index is -0.614. The molecule has 1 aromatic rings. The summed E-state index contributed by atoms with van der Waals surface area (Å²) in [5, 5.41) is 10.4. The van der Waals surface area contributed by atoms with Crippen LogP contribution in [-0.4, -0.2) is 4.92 Å². The molecule has 0 bridgehead atoms. The van der Waals surface area contributed by atoms with Crippen LogP contribution in [0.3, 0.4) is 0 Å². The molecule has 0 unspecified atom stereocenters. The summed E-state index contributed by atoms with van der Waals surface area (Å²) in [6, 6.07) is 3.65. The largest absolute Gasteiger partial charge is 0.321 e. The van der Waals surface area contributed by atoms with Crippen LogP contribution in [0.4, 0.5) is 10.1 Å². The number of nitrogens with two attached hydrogens (primary N) is 1. The predicted octanol–water partition coefficient (Wildman–Crippen LogP) is 2.07. The Kier molecular flexibility index (Phi) is 2.19. The van der Waals surface area contributed by atoms with Crippen LogP contribution in [0.15, 0.2) is 18.2 Å². The molecule has 2 rings (SSSR count). The van der Waals surface area contributed by atoms with Crippen molar-refractivity contribution in [2.45, 2.75) is 24.8 Å². The van der Waals surface area contributed by atoms with Crippen LogP contribution in [0, 0.1) is 15.9 Å². The van der Waals surface area contributed by atoms with Gasteiger partial charge in [-0.2, -0.15) is 0 Å². The first kappa shape index (κ1) is 10.0. The molecule has 1 aromatic carbocycles. The molecule has 2 N–H and O–H groups in total. The van der Waals surface area contributed by atoms with Gasteiger partial charge in [-0.15, -0.1) is 0 Å². The summed E-state index contributed by atoms with van der Waals surface area (Å²) in [5.74, 6) is -0.577. The van der Waals surface area contributed by atoms with Gasteiger partial charge in [-0.05, 0) is 25.3 Å². The van der Waals surface area contributed by atoms with Crippen molar-refractivity contribution in [3.8, 4) is 0 Å². The molecular formula is C10H11FN2O2. The van der Waals surface area contributed by atoms with Crippen LogP contribution < -0.4 is 5.73 Å². The lowest BCUT2D eigenvalue weighted by atomic mass is 9.72. The van der Waals surface area contributed by atoms with Crippen molar-refractivity contribution in [2.24, 2.45) is 5.73 Å². The highest BCUT2D eigenvalue weighted by Crippen LogP contribution is 2.40. The molecule has 0 atom stereocenters. The standard InChI is InChI=1S/C10H11FN2O2/c11-9-6-7(13(14)15)2-3-8(9)10(12)4-1-5-10/h2-3,6H,1,4-5,12H2. The van der Waals surface area contributed by atoms with Gasteiger partial charge < -0.3 is 5.73 Å². The maximum atomic E-state index is 13.5. The number of hydrogen-bond donors (Lipinski definition) is 1. The third kappa shape index (κ3) is 1.59. The highest BCUT2D eigenvalue weighted by atomic mass is 19.1. The molecule has 15 heavy (non-hydrogen) atoms. The maximum absolute atomic E-state index is 13.5. The van der Waals surface area contributed by atoms with E-state index in [4.69, 9.17) is 5.73 Å². The fourth-order valence-corrected chi connectivity index (χ4v) is 1.85. The number of non-ortho nitro benzene ring substituents is 1. The van der Waals surface area contributed by atoms with Gasteiger partial charge in [0.15, 0.2) is 0 Å². The highest BCUT2D eigenvalue weighted by Gasteiger charge is 2.36. The Bertz CT molecular complexity index is 416. The summed E-state index contributed by atoms with van der Waals surface area (Å²) in [7, 11) is 0. The van der Waals surface area contributed by atoms with E-state index in [1.165, 1.54) is 12.1 Å². The summed E-state index contributed by atoms with van der Waals surface area (Å²) in [6.45, 7) is 0. The summed E-state index contributed by atoms with van der Waals surface area (Å²) < 4.78 is 13.5. The van der Waals surface area contributed by atoms with Crippen molar-refractivity contribution in [3.05, 3.63) is 39.7 Å². The number of nitro groups is 1. The van der Waals surface area contributed by atoms with Gasteiger partial charge in [-0.25, -0.2) is 4.39 Å². The van der Waals surface area contributed by atoms with E-state index in [9.17, 15) is 14.5 Å². The van der Waals surface area contributed by atoms with Gasteiger partial charge in [-0.1, -0.05) is 0 Å². The van der Waals surface area contributed by atoms with Gasteiger partial charge in [0.2, 0.25) is 0 Å². The molecule has 1 fully saturated rings. The molecule has 80 valence electrons. The van der Waals surface area contributed by atoms with Crippen LogP contribution in [-0.2, 0) is 5.54 Å². The number of benzene rings is 1. The second kappa shape index (κ2) is 3.27. The lowest BCUT2D eigenvalue weighted by Gasteiger charge is -2.38. The summed E-state index contributed by atoms with van der Waals surface area (Å²) in [5.41, 5.74) is 5.48. The van der Waals surface area contributed by atoms with Crippen LogP contribution in [0.1, 0.15) is 24.8 Å². The molecule has 0 aliphatic heterocycles. The van der Waals surface area contributed by atoms with Crippen molar-refractivity contribution < 1.29 is 9.31 Å². The summed E-state index contributed by atoms with van der Waals surface area (Å²) >= 11 is 0. The summed E-state index contributed by atoms with van der Waals surface area (Å²) in [6.07, 6.45) is 2.45. The van der Waals surface area contributed by atoms with E-state index >= 15 is 0 Å². The third-order valence-corrected chi connectivity index (χ3v) is 2.95. The summed E-state index contributed by atoms with van der Waals surface area (Å²) in [4.78, 5) is 9.79. The average molecular weight is 210 g/mol. The average Bonchev–Trinajstić information content (AvgIpc) is 2.14. The monoisotopic (exact) mass is 210 g/mol. The lowest BCUT2D eigenvalue weighted by Crippen LogP contribution is -2.44. The Hall–Kier alpha value is -1.49. The van der Waals surface area contributed by atoms with E-state index in [1.807, 2.05) is 0 Å². The van der Waals surface area contributed by atoms with Crippen LogP contribution in [0.5, 0.6) is 0 Å². The topological polar surface area (TPSA) is 69.2 Å². The lowest BCUT2D eigenvalue weighted by molar-refractivity contribution is -0.385. The SMILES string of the molecule is NC1(c2ccc([N+](=O)[O-])cc2F)CCC1. The molecule has 0 amide bonds. The van der Waals surface area contributed by atoms with Crippen molar-refractivity contribution in [1.82, 2.24) is 0 Å². The van der Waals surface area contributed by atoms with Gasteiger partial charge in [0.25, 0.3) is 5.69 Å². The van der Waals surface area contributed by atoms with Crippen molar-refractivity contribution in [3.63, 3.8) is 0 Å². The molecule has 1 aliphatic carbocycles. The van der Waals surface area contributed by atoms with Crippen LogP contribution in [0.2, 0.25) is 0 Å². The first-order valence-corrected chi connectivity index (χ1v) is 4.76. The van der Waals surface area contributed by atoms with E-state index in [1.54, 1.807) is 0 Å². The van der Waals surface area contributed by atoms with Crippen molar-refractivity contribution >= 4 is 5.69 Å². The normalized spacial score (nSPS) is 18.3. The number of nitrogens with zero attached hydrogens (tertiary/aromatic N) is 1. The molecule has 0 heterocycles. The number of halogens is 1. The minimum absolute atomic E-state index is 0.237. The molecule has 4 nitrogen and oxygen atoms in total. The van der Waals surface area contributed by atoms with Crippen molar-refractivity contribution in [2.75, 3.05) is 0 Å². The molecular weight excluding hydrogens is 199 g/mol. The first-order valence-electron chi connectivity index (χ1n) is 4.76. The zero-order valence-electron chi connectivity index (χ0n) is 8.07. The Morgan fingerprint density at radius 3 is 2.53 bits per heavy atom. The third-order valence-electron chi connectivity index (χ3n) is 2.95. The fourth-order valence-electron chi connectivity index (χ4n) is 1.85. The number of hydrogen-bond acceptors (Lipinski definition) is 3. The Morgan fingerprint density at radius 1 is 1.47 bits per heavy atom. The molecule has 5 heteroatoms. The van der Waals surface area contributed by atoms with E-state index in [-0.39, 0.29) is 5.69 Å². The predicted molar refractivity (Wildman–Crippen MR) is 52.8 cm³/mol. The van der Waals surface area contributed by atoms with Gasteiger partial charge in [-0.3, -0.25) is 10.1 Å². The van der Waals surface area contributed by atoms with Gasteiger partial charge in [0, 0.05) is 17.2 Å². The fraction of sp³-hybridized carbons (Fsp3) is 0.400. The smallest absolute Gasteiger partial charge is 0.272 e. The van der Waals surface area contributed by atoms with E-state index < -0.39 is 16.3 Å². The second-order valence-corrected chi connectivity index (χ2v) is 3.93. The Balaban J connectivity index is 2.38. The molecule has 0 spiro atoms. The second-order valence-electron chi connectivity index (χ2n) is 3.93. The molecule has 0 radical (unpaired) electrons. The first-order chi connectivity index (χ1) is 7.03. The van der Waals surface area contributed by atoms with E-state index in [0.29, 0.717) is 5.56 Å². The minimum Gasteiger partial charge on any atom is -0.321 e. The zero-order chi connectivity index (χ0) is 11.1. The Labute approximate surface area is 86.0 Å².